The number of fused-ring (bicyclic) bond motifs is 30. The van der Waals surface area contributed by atoms with Crippen LogP contribution in [0, 0.1) is 76.2 Å². The van der Waals surface area contributed by atoms with E-state index in [1.54, 1.807) is 0 Å². The fourth-order valence-electron chi connectivity index (χ4n) is 18.8. The molecule has 0 bridgehead atoms. The van der Waals surface area contributed by atoms with Crippen LogP contribution in [0.5, 0.6) is 0 Å². The van der Waals surface area contributed by atoms with Crippen molar-refractivity contribution in [3.8, 4) is 22.3 Å². The van der Waals surface area contributed by atoms with Gasteiger partial charge in [-0.25, -0.2) is 0 Å². The zero-order valence-electron chi connectivity index (χ0n) is 67.6. The van der Waals surface area contributed by atoms with Gasteiger partial charge < -0.3 is 0 Å². The predicted octanol–water partition coefficient (Wildman–Crippen LogP) is 22.1. The molecular weight excluding hydrogens is 1380 g/mol. The van der Waals surface area contributed by atoms with Crippen molar-refractivity contribution in [2.45, 2.75) is 76.2 Å². The first kappa shape index (κ1) is 71.3. The first-order chi connectivity index (χ1) is 54.8. The average Bonchev–Trinajstić information content (AvgIpc) is 1.66. The molecule has 10 aromatic heterocycles. The Morgan fingerprint density at radius 1 is 0.248 bits per heavy atom. The number of benzene rings is 12. The highest BCUT2D eigenvalue weighted by Crippen LogP contribution is 2.41. The summed E-state index contributed by atoms with van der Waals surface area (Å²) in [7, 11) is 10.6. The van der Waals surface area contributed by atoms with Gasteiger partial charge in [-0.1, -0.05) is 253 Å². The Morgan fingerprint density at radius 2 is 0.602 bits per heavy atom. The minimum atomic E-state index is 1.25. The number of rotatable bonds is 2. The smallest absolute Gasteiger partial charge is 0.154 e. The summed E-state index contributed by atoms with van der Waals surface area (Å²) in [6.07, 6.45) is 8.85. The molecule has 0 atom stereocenters. The largest absolute Gasteiger partial charge is 0.249 e. The summed E-state index contributed by atoms with van der Waals surface area (Å²) in [5.74, 6) is 0. The lowest BCUT2D eigenvalue weighted by molar-refractivity contribution is -0.735. The van der Waals surface area contributed by atoms with Crippen LogP contribution in [0.15, 0.2) is 286 Å². The summed E-state index contributed by atoms with van der Waals surface area (Å²) >= 11 is 0. The number of hydrogen-bond donors (Lipinski definition) is 0. The lowest BCUT2D eigenvalue weighted by Crippen LogP contribution is -2.34. The van der Waals surface area contributed by atoms with Crippen LogP contribution in [0.25, 0.3) is 158 Å². The van der Waals surface area contributed by atoms with E-state index in [0.717, 1.165) is 0 Å². The standard InChI is InChI=1S/C25H23N2.C23H19N2.C19H19N2.2C18H17N2/c1-16-9-7-10-17(2)23(16)22-15-26(4)27-24-18(3)11-8-14-20(24)19-12-5-6-13-21(19)25(22)27;1-16-9-8-14-19-18-12-6-7-13-20(18)23-21(17-10-4-3-5-11-17)15-24(2)25(23)22(16)19;1-12-8-7-11-16-15-9-5-6-10-17(15)19-13(2)14(3)20(4)21(19)18(12)16;1-12-7-6-10-16-14-8-4-5-9-15(14)18-13(2)11-19(3)20(18)17(12)16;1-12-7-8-14-16(11-12)15-6-4-5-13(2)18(15)20-17(14)9-10-19(20)3/h5-15H,1-4H3;3-15H,1-2H3;5-11H,1-4H3;2*4-11H,1-3H3/q5*+1. The van der Waals surface area contributed by atoms with Gasteiger partial charge in [0, 0.05) is 71.2 Å². The Bertz CT molecular complexity index is 7670. The molecule has 0 saturated heterocycles. The summed E-state index contributed by atoms with van der Waals surface area (Å²) < 4.78 is 22.8. The molecule has 0 aliphatic heterocycles. The van der Waals surface area contributed by atoms with Crippen molar-refractivity contribution in [2.24, 2.45) is 35.2 Å². The van der Waals surface area contributed by atoms with Crippen molar-refractivity contribution in [1.82, 2.24) is 22.7 Å². The number of hydrogen-bond acceptors (Lipinski definition) is 0. The van der Waals surface area contributed by atoms with Crippen LogP contribution < -0.4 is 23.2 Å². The van der Waals surface area contributed by atoms with E-state index in [9.17, 15) is 0 Å². The number of nitrogens with zero attached hydrogens (tertiary/aromatic N) is 10. The van der Waals surface area contributed by atoms with Crippen molar-refractivity contribution >= 4 is 136 Å². The van der Waals surface area contributed by atoms with E-state index in [4.69, 9.17) is 0 Å². The van der Waals surface area contributed by atoms with Crippen LogP contribution in [-0.2, 0) is 35.2 Å². The lowest BCUT2D eigenvalue weighted by atomic mass is 9.94. The normalized spacial score (nSPS) is 11.7. The Labute approximate surface area is 658 Å². The molecule has 0 N–H and O–H groups in total. The molecular formula is C103H95N10+5. The van der Waals surface area contributed by atoms with E-state index in [1.165, 1.54) is 220 Å². The van der Waals surface area contributed by atoms with Crippen LogP contribution in [0.1, 0.15) is 61.3 Å². The van der Waals surface area contributed by atoms with Crippen LogP contribution in [0.4, 0.5) is 0 Å². The van der Waals surface area contributed by atoms with E-state index in [1.807, 2.05) is 0 Å². The molecule has 0 aliphatic carbocycles. The van der Waals surface area contributed by atoms with Gasteiger partial charge in [0.2, 0.25) is 23.4 Å². The van der Waals surface area contributed by atoms with Gasteiger partial charge in [-0.2, -0.15) is 4.68 Å². The van der Waals surface area contributed by atoms with Crippen molar-refractivity contribution in [1.29, 1.82) is 0 Å². The molecule has 22 rings (SSSR count). The predicted molar refractivity (Wildman–Crippen MR) is 471 cm³/mol. The molecule has 10 heteroatoms. The third-order valence-corrected chi connectivity index (χ3v) is 24.1. The van der Waals surface area contributed by atoms with Gasteiger partial charge in [0.25, 0.3) is 0 Å². The van der Waals surface area contributed by atoms with E-state index in [0.29, 0.717) is 0 Å². The van der Waals surface area contributed by atoms with Gasteiger partial charge in [0.05, 0.1) is 34.6 Å². The van der Waals surface area contributed by atoms with Crippen LogP contribution in [0.3, 0.4) is 0 Å². The molecule has 10 nitrogen and oxygen atoms in total. The maximum atomic E-state index is 2.38. The van der Waals surface area contributed by atoms with Gasteiger partial charge in [0.1, 0.15) is 44.1 Å². The van der Waals surface area contributed by atoms with E-state index in [-0.39, 0.29) is 0 Å². The number of pyridine rings is 5. The van der Waals surface area contributed by atoms with Gasteiger partial charge in [-0.05, 0) is 154 Å². The van der Waals surface area contributed by atoms with Gasteiger partial charge in [0.15, 0.2) is 40.6 Å². The maximum Gasteiger partial charge on any atom is 0.249 e. The molecule has 22 aromatic rings. The summed E-state index contributed by atoms with van der Waals surface area (Å²) in [6.45, 7) is 24.1. The highest BCUT2D eigenvalue weighted by Gasteiger charge is 2.29. The molecule has 0 amide bonds. The number of para-hydroxylation sites is 5. The summed E-state index contributed by atoms with van der Waals surface area (Å²) in [5.41, 5.74) is 32.5. The quantitative estimate of drug-likeness (QED) is 0.122. The Balaban J connectivity index is 0.0000000989. The SMILES string of the molecule is Cc1ccc2c(c1)c1cccc(C)c1n1c2cc[n+]1C.Cc1cccc(C)c1-c1c[n+](C)n2c3c(C)cccc3c3ccccc3c12.Cc1cccc2c3ccccc3c3c(-c4ccccc4)c[n+](C)n3c12.Cc1cccc2c3ccccc3c3c(C)c(C)n(C)[n+]3c12.Cc1cccc2c3ccccc3c3c(C)c[n+](C)n3c12. The second-order valence-electron chi connectivity index (χ2n) is 31.3. The van der Waals surface area contributed by atoms with Crippen molar-refractivity contribution in [3.05, 3.63) is 347 Å². The van der Waals surface area contributed by atoms with Crippen LogP contribution >= 0.6 is 0 Å². The number of aromatic nitrogens is 10. The van der Waals surface area contributed by atoms with Gasteiger partial charge in [-0.15, -0.1) is 36.8 Å². The third-order valence-electron chi connectivity index (χ3n) is 24.1. The third kappa shape index (κ3) is 11.4. The molecule has 12 aromatic carbocycles. The average molecular weight is 1470 g/mol. The molecule has 0 fully saturated rings. The second-order valence-corrected chi connectivity index (χ2v) is 31.3. The maximum absolute atomic E-state index is 2.38. The molecule has 552 valence electrons. The number of aryl methyl sites for hydroxylation is 15. The molecule has 0 saturated carbocycles. The molecule has 113 heavy (non-hydrogen) atoms. The molecule has 0 aliphatic rings. The summed E-state index contributed by atoms with van der Waals surface area (Å²) in [5, 5.41) is 19.8. The molecule has 0 spiro atoms. The Kier molecular flexibility index (Phi) is 17.6. The zero-order chi connectivity index (χ0) is 78.1. The minimum Gasteiger partial charge on any atom is -0.154 e. The van der Waals surface area contributed by atoms with Crippen LogP contribution in [-0.4, -0.2) is 22.7 Å². The lowest BCUT2D eigenvalue weighted by Gasteiger charge is -2.11. The highest BCUT2D eigenvalue weighted by atomic mass is 15.4. The van der Waals surface area contributed by atoms with Crippen molar-refractivity contribution in [2.75, 3.05) is 0 Å². The van der Waals surface area contributed by atoms with Gasteiger partial charge >= 0.3 is 0 Å². The highest BCUT2D eigenvalue weighted by molar-refractivity contribution is 6.19. The fraction of sp³-hybridized carbons (Fsp3) is 0.155. The molecule has 0 radical (unpaired) electrons. The van der Waals surface area contributed by atoms with E-state index >= 15 is 0 Å². The van der Waals surface area contributed by atoms with Crippen LogP contribution in [0.2, 0.25) is 0 Å². The second kappa shape index (κ2) is 27.9. The Hall–Kier alpha value is -13.3. The topological polar surface area (TPSA) is 42.2 Å². The Morgan fingerprint density at radius 3 is 1.12 bits per heavy atom. The molecule has 10 heterocycles. The fourth-order valence-corrected chi connectivity index (χ4v) is 18.8. The van der Waals surface area contributed by atoms with E-state index in [2.05, 4.69) is 443 Å². The monoisotopic (exact) mass is 1470 g/mol. The first-order valence-electron chi connectivity index (χ1n) is 39.4. The van der Waals surface area contributed by atoms with Crippen molar-refractivity contribution < 1.29 is 23.2 Å². The summed E-state index contributed by atoms with van der Waals surface area (Å²) in [6, 6.07) is 93.9. The first-order valence-corrected chi connectivity index (χ1v) is 39.4. The van der Waals surface area contributed by atoms with Gasteiger partial charge in [-0.3, -0.25) is 0 Å². The van der Waals surface area contributed by atoms with E-state index < -0.39 is 0 Å². The molecule has 0 unspecified atom stereocenters. The summed E-state index contributed by atoms with van der Waals surface area (Å²) in [4.78, 5) is 0. The van der Waals surface area contributed by atoms with Crippen molar-refractivity contribution in [3.63, 3.8) is 0 Å². The zero-order valence-corrected chi connectivity index (χ0v) is 67.6. The minimum absolute atomic E-state index is 1.25.